The maximum absolute atomic E-state index is 14.1. The molecule has 0 unspecified atom stereocenters. The Labute approximate surface area is 117 Å². The van der Waals surface area contributed by atoms with Crippen LogP contribution < -0.4 is 10.2 Å². The van der Waals surface area contributed by atoms with Gasteiger partial charge in [0.15, 0.2) is 0 Å². The van der Waals surface area contributed by atoms with Gasteiger partial charge in [-0.3, -0.25) is 4.79 Å². The maximum Gasteiger partial charge on any atom is 0.241 e. The minimum atomic E-state index is -0.616. The minimum absolute atomic E-state index is 0.0108. The Morgan fingerprint density at radius 3 is 2.45 bits per heavy atom. The molecule has 0 saturated carbocycles. The average molecular weight is 283 g/mol. The first kappa shape index (κ1) is 14.7. The standard InChI is InChI=1S/C14H19F2N3O/c1-3-17-8-10-6-11(15)14(12(16)7-10)19-5-4-18(2)13(20)9-19/h6-7,17H,3-5,8-9H2,1-2H3. The zero-order valence-corrected chi connectivity index (χ0v) is 11.7. The number of likely N-dealkylation sites (N-methyl/N-ethyl adjacent to an activating group) is 1. The molecule has 1 fully saturated rings. The molecule has 0 bridgehead atoms. The van der Waals surface area contributed by atoms with Crippen molar-refractivity contribution in [1.29, 1.82) is 0 Å². The van der Waals surface area contributed by atoms with Crippen LogP contribution in [-0.2, 0) is 11.3 Å². The predicted octanol–water partition coefficient (Wildman–Crippen LogP) is 1.35. The normalized spacial score (nSPS) is 15.9. The van der Waals surface area contributed by atoms with Gasteiger partial charge in [0, 0.05) is 26.7 Å². The van der Waals surface area contributed by atoms with Crippen molar-refractivity contribution in [2.75, 3.05) is 38.1 Å². The Morgan fingerprint density at radius 2 is 1.90 bits per heavy atom. The fraction of sp³-hybridized carbons (Fsp3) is 0.500. The second-order valence-electron chi connectivity index (χ2n) is 4.93. The molecule has 20 heavy (non-hydrogen) atoms. The molecule has 1 aliphatic heterocycles. The monoisotopic (exact) mass is 283 g/mol. The van der Waals surface area contributed by atoms with Gasteiger partial charge < -0.3 is 15.1 Å². The van der Waals surface area contributed by atoms with Gasteiger partial charge in [-0.15, -0.1) is 0 Å². The van der Waals surface area contributed by atoms with E-state index in [1.165, 1.54) is 17.0 Å². The summed E-state index contributed by atoms with van der Waals surface area (Å²) in [6, 6.07) is 2.65. The first-order valence-corrected chi connectivity index (χ1v) is 6.70. The zero-order valence-electron chi connectivity index (χ0n) is 11.7. The van der Waals surface area contributed by atoms with Crippen LogP contribution in [0.3, 0.4) is 0 Å². The summed E-state index contributed by atoms with van der Waals surface area (Å²) in [6.45, 7) is 4.00. The van der Waals surface area contributed by atoms with E-state index in [0.717, 1.165) is 6.54 Å². The van der Waals surface area contributed by atoms with Crippen LogP contribution in [0.2, 0.25) is 0 Å². The van der Waals surface area contributed by atoms with Crippen molar-refractivity contribution in [3.05, 3.63) is 29.3 Å². The van der Waals surface area contributed by atoms with Crippen molar-refractivity contribution < 1.29 is 13.6 Å². The molecule has 0 aromatic heterocycles. The number of nitrogens with one attached hydrogen (secondary N) is 1. The van der Waals surface area contributed by atoms with Gasteiger partial charge in [-0.25, -0.2) is 8.78 Å². The van der Waals surface area contributed by atoms with E-state index in [1.54, 1.807) is 11.9 Å². The summed E-state index contributed by atoms with van der Waals surface area (Å²) in [5.74, 6) is -1.36. The summed E-state index contributed by atoms with van der Waals surface area (Å²) in [5.41, 5.74) is 0.456. The van der Waals surface area contributed by atoms with Crippen LogP contribution in [0.5, 0.6) is 0 Å². The molecule has 110 valence electrons. The quantitative estimate of drug-likeness (QED) is 0.906. The van der Waals surface area contributed by atoms with Crippen LogP contribution in [0.15, 0.2) is 12.1 Å². The van der Waals surface area contributed by atoms with E-state index in [9.17, 15) is 13.6 Å². The first-order valence-electron chi connectivity index (χ1n) is 6.70. The number of hydrogen-bond acceptors (Lipinski definition) is 3. The molecule has 1 aliphatic rings. The lowest BCUT2D eigenvalue weighted by Crippen LogP contribution is -2.49. The van der Waals surface area contributed by atoms with Crippen LogP contribution in [0.25, 0.3) is 0 Å². The summed E-state index contributed by atoms with van der Waals surface area (Å²) in [5, 5.41) is 3.02. The minimum Gasteiger partial charge on any atom is -0.356 e. The van der Waals surface area contributed by atoms with E-state index in [0.29, 0.717) is 25.2 Å². The smallest absolute Gasteiger partial charge is 0.241 e. The summed E-state index contributed by atoms with van der Waals surface area (Å²) in [4.78, 5) is 14.7. The van der Waals surface area contributed by atoms with Crippen LogP contribution in [0, 0.1) is 11.6 Å². The Balaban J connectivity index is 2.22. The van der Waals surface area contributed by atoms with Crippen molar-refractivity contribution in [2.24, 2.45) is 0 Å². The molecule has 1 heterocycles. The van der Waals surface area contributed by atoms with Crippen LogP contribution in [-0.4, -0.2) is 44.0 Å². The van der Waals surface area contributed by atoms with Gasteiger partial charge in [-0.2, -0.15) is 0 Å². The second kappa shape index (κ2) is 6.17. The third kappa shape index (κ3) is 3.07. The molecule has 1 aromatic rings. The Hall–Kier alpha value is -1.69. The van der Waals surface area contributed by atoms with Gasteiger partial charge in [0.1, 0.15) is 17.3 Å². The highest BCUT2D eigenvalue weighted by Crippen LogP contribution is 2.26. The predicted molar refractivity (Wildman–Crippen MR) is 73.6 cm³/mol. The van der Waals surface area contributed by atoms with Crippen molar-refractivity contribution in [3.8, 4) is 0 Å². The Morgan fingerprint density at radius 1 is 1.25 bits per heavy atom. The molecular formula is C14H19F2N3O. The van der Waals surface area contributed by atoms with E-state index in [-0.39, 0.29) is 18.1 Å². The average Bonchev–Trinajstić information content (AvgIpc) is 2.39. The zero-order chi connectivity index (χ0) is 14.7. The molecule has 1 aromatic carbocycles. The maximum atomic E-state index is 14.1. The lowest BCUT2D eigenvalue weighted by Gasteiger charge is -2.33. The molecule has 0 spiro atoms. The largest absolute Gasteiger partial charge is 0.356 e. The summed E-state index contributed by atoms with van der Waals surface area (Å²) >= 11 is 0. The van der Waals surface area contributed by atoms with Crippen LogP contribution in [0.1, 0.15) is 12.5 Å². The number of hydrogen-bond donors (Lipinski definition) is 1. The number of benzene rings is 1. The molecule has 0 radical (unpaired) electrons. The van der Waals surface area contributed by atoms with E-state index in [2.05, 4.69) is 5.32 Å². The first-order chi connectivity index (χ1) is 9.52. The van der Waals surface area contributed by atoms with Crippen molar-refractivity contribution >= 4 is 11.6 Å². The number of carbonyl (C=O) groups is 1. The molecule has 1 saturated heterocycles. The second-order valence-corrected chi connectivity index (χ2v) is 4.93. The van der Waals surface area contributed by atoms with Gasteiger partial charge in [0.2, 0.25) is 5.91 Å². The summed E-state index contributed by atoms with van der Waals surface area (Å²) in [6.07, 6.45) is 0. The number of anilines is 1. The molecular weight excluding hydrogens is 264 g/mol. The van der Waals surface area contributed by atoms with Gasteiger partial charge in [-0.05, 0) is 24.2 Å². The fourth-order valence-electron chi connectivity index (χ4n) is 2.24. The Kier molecular flexibility index (Phi) is 4.54. The lowest BCUT2D eigenvalue weighted by molar-refractivity contribution is -0.129. The highest BCUT2D eigenvalue weighted by atomic mass is 19.1. The number of nitrogens with zero attached hydrogens (tertiary/aromatic N) is 2. The van der Waals surface area contributed by atoms with E-state index >= 15 is 0 Å². The summed E-state index contributed by atoms with van der Waals surface area (Å²) < 4.78 is 28.2. The van der Waals surface area contributed by atoms with Gasteiger partial charge in [-0.1, -0.05) is 6.92 Å². The lowest BCUT2D eigenvalue weighted by atomic mass is 10.1. The molecule has 0 atom stereocenters. The fourth-order valence-corrected chi connectivity index (χ4v) is 2.24. The number of rotatable bonds is 4. The third-order valence-corrected chi connectivity index (χ3v) is 3.43. The summed E-state index contributed by atoms with van der Waals surface area (Å²) in [7, 11) is 1.69. The van der Waals surface area contributed by atoms with Crippen molar-refractivity contribution in [3.63, 3.8) is 0 Å². The van der Waals surface area contributed by atoms with Gasteiger partial charge in [0.25, 0.3) is 0 Å². The van der Waals surface area contributed by atoms with Gasteiger partial charge in [0.05, 0.1) is 6.54 Å². The molecule has 6 heteroatoms. The number of halogens is 2. The molecule has 0 aliphatic carbocycles. The highest BCUT2D eigenvalue weighted by molar-refractivity contribution is 5.82. The van der Waals surface area contributed by atoms with Crippen LogP contribution in [0.4, 0.5) is 14.5 Å². The topological polar surface area (TPSA) is 35.6 Å². The van der Waals surface area contributed by atoms with Crippen molar-refractivity contribution in [2.45, 2.75) is 13.5 Å². The number of carbonyl (C=O) groups excluding carboxylic acids is 1. The molecule has 2 rings (SSSR count). The molecule has 1 N–H and O–H groups in total. The van der Waals surface area contributed by atoms with E-state index in [4.69, 9.17) is 0 Å². The third-order valence-electron chi connectivity index (χ3n) is 3.43. The van der Waals surface area contributed by atoms with Crippen molar-refractivity contribution in [1.82, 2.24) is 10.2 Å². The Bertz CT molecular complexity index is 484. The highest BCUT2D eigenvalue weighted by Gasteiger charge is 2.25. The SMILES string of the molecule is CCNCc1cc(F)c(N2CCN(C)C(=O)C2)c(F)c1. The van der Waals surface area contributed by atoms with Crippen LogP contribution >= 0.6 is 0 Å². The number of piperazine rings is 1. The van der Waals surface area contributed by atoms with E-state index < -0.39 is 11.6 Å². The number of amides is 1. The molecule has 1 amide bonds. The van der Waals surface area contributed by atoms with E-state index in [1.807, 2.05) is 6.92 Å². The van der Waals surface area contributed by atoms with Gasteiger partial charge >= 0.3 is 0 Å². The molecule has 4 nitrogen and oxygen atoms in total.